The highest BCUT2D eigenvalue weighted by Crippen LogP contribution is 2.41. The van der Waals surface area contributed by atoms with Crippen LogP contribution in [0.2, 0.25) is 0 Å². The van der Waals surface area contributed by atoms with Crippen LogP contribution in [-0.4, -0.2) is 14.5 Å². The molecule has 0 atom stereocenters. The van der Waals surface area contributed by atoms with Gasteiger partial charge in [-0.2, -0.15) is 0 Å². The summed E-state index contributed by atoms with van der Waals surface area (Å²) in [5.41, 5.74) is 11.6. The van der Waals surface area contributed by atoms with Gasteiger partial charge in [0.15, 0.2) is 0 Å². The zero-order valence-corrected chi connectivity index (χ0v) is 26.6. The lowest BCUT2D eigenvalue weighted by molar-refractivity contribution is 1.18. The zero-order valence-electron chi connectivity index (χ0n) is 26.6. The van der Waals surface area contributed by atoms with Crippen molar-refractivity contribution >= 4 is 54.4 Å². The van der Waals surface area contributed by atoms with Crippen LogP contribution in [0.1, 0.15) is 0 Å². The molecule has 8 aromatic carbocycles. The molecule has 0 saturated heterocycles. The molecule has 0 aliphatic rings. The number of fused-ring (bicyclic) bond motifs is 8. The van der Waals surface area contributed by atoms with E-state index in [2.05, 4.69) is 138 Å². The molecular formula is C46H29N3. The first-order chi connectivity index (χ1) is 24.3. The fourth-order valence-corrected chi connectivity index (χ4v) is 7.45. The van der Waals surface area contributed by atoms with Crippen LogP contribution in [0.3, 0.4) is 0 Å². The third-order valence-electron chi connectivity index (χ3n) is 9.78. The van der Waals surface area contributed by atoms with Crippen molar-refractivity contribution in [1.29, 1.82) is 0 Å². The van der Waals surface area contributed by atoms with Gasteiger partial charge in [0.25, 0.3) is 0 Å². The van der Waals surface area contributed by atoms with Crippen LogP contribution in [0, 0.1) is 0 Å². The molecular weight excluding hydrogens is 595 g/mol. The summed E-state index contributed by atoms with van der Waals surface area (Å²) in [5, 5.41) is 7.68. The first-order valence-electron chi connectivity index (χ1n) is 16.7. The highest BCUT2D eigenvalue weighted by atomic mass is 15.0. The van der Waals surface area contributed by atoms with Gasteiger partial charge in [0, 0.05) is 27.6 Å². The van der Waals surface area contributed by atoms with Crippen molar-refractivity contribution in [2.45, 2.75) is 0 Å². The van der Waals surface area contributed by atoms with Gasteiger partial charge in [0.2, 0.25) is 0 Å². The predicted molar refractivity (Wildman–Crippen MR) is 205 cm³/mol. The molecule has 3 heteroatoms. The van der Waals surface area contributed by atoms with Crippen molar-refractivity contribution in [2.24, 2.45) is 0 Å². The van der Waals surface area contributed by atoms with Gasteiger partial charge >= 0.3 is 0 Å². The third-order valence-corrected chi connectivity index (χ3v) is 9.78. The average molecular weight is 624 g/mol. The van der Waals surface area contributed by atoms with E-state index in [0.29, 0.717) is 0 Å². The van der Waals surface area contributed by atoms with Crippen molar-refractivity contribution in [2.75, 3.05) is 0 Å². The van der Waals surface area contributed by atoms with Crippen molar-refractivity contribution < 1.29 is 0 Å². The molecule has 0 radical (unpaired) electrons. The SMILES string of the molecule is c1ccc(-c2nc3ccccc3nc2-c2ccc(-c3ccc(-n4c5ccc6ccccc6c5c5c6ccccc6ccc54)cc3)cc2)cc1. The molecule has 10 aromatic rings. The molecule has 0 bridgehead atoms. The number of nitrogens with zero attached hydrogens (tertiary/aromatic N) is 3. The van der Waals surface area contributed by atoms with Crippen LogP contribution >= 0.6 is 0 Å². The number of rotatable bonds is 4. The summed E-state index contributed by atoms with van der Waals surface area (Å²) in [5.74, 6) is 0. The fourth-order valence-electron chi connectivity index (χ4n) is 7.45. The fraction of sp³-hybridized carbons (Fsp3) is 0. The first kappa shape index (κ1) is 27.5. The summed E-state index contributed by atoms with van der Waals surface area (Å²) >= 11 is 0. The van der Waals surface area contributed by atoms with Gasteiger partial charge in [-0.1, -0.05) is 140 Å². The van der Waals surface area contributed by atoms with E-state index in [1.54, 1.807) is 0 Å². The summed E-state index contributed by atoms with van der Waals surface area (Å²) in [6.07, 6.45) is 0. The van der Waals surface area contributed by atoms with E-state index in [-0.39, 0.29) is 0 Å². The quantitative estimate of drug-likeness (QED) is 0.195. The van der Waals surface area contributed by atoms with Gasteiger partial charge in [-0.05, 0) is 69.1 Å². The molecule has 0 aliphatic carbocycles. The summed E-state index contributed by atoms with van der Waals surface area (Å²) in [6, 6.07) is 62.5. The molecule has 10 rings (SSSR count). The normalized spacial score (nSPS) is 11.7. The van der Waals surface area contributed by atoms with Crippen molar-refractivity contribution in [3.05, 3.63) is 176 Å². The molecule has 0 fully saturated rings. The third kappa shape index (κ3) is 4.44. The van der Waals surface area contributed by atoms with E-state index >= 15 is 0 Å². The summed E-state index contributed by atoms with van der Waals surface area (Å²) in [7, 11) is 0. The molecule has 0 aliphatic heterocycles. The Morgan fingerprint density at radius 3 is 1.31 bits per heavy atom. The second-order valence-electron chi connectivity index (χ2n) is 12.6. The molecule has 0 unspecified atom stereocenters. The second kappa shape index (κ2) is 11.0. The summed E-state index contributed by atoms with van der Waals surface area (Å²) < 4.78 is 2.42. The average Bonchev–Trinajstić information content (AvgIpc) is 3.53. The second-order valence-corrected chi connectivity index (χ2v) is 12.6. The van der Waals surface area contributed by atoms with Gasteiger partial charge in [0.05, 0.1) is 33.5 Å². The Balaban J connectivity index is 1.07. The van der Waals surface area contributed by atoms with Gasteiger partial charge in [0.1, 0.15) is 0 Å². The van der Waals surface area contributed by atoms with E-state index in [0.717, 1.165) is 44.8 Å². The summed E-state index contributed by atoms with van der Waals surface area (Å²) in [4.78, 5) is 10.1. The molecule has 0 N–H and O–H groups in total. The van der Waals surface area contributed by atoms with Gasteiger partial charge in [-0.15, -0.1) is 0 Å². The minimum atomic E-state index is 0.887. The smallest absolute Gasteiger partial charge is 0.0973 e. The lowest BCUT2D eigenvalue weighted by atomic mass is 9.99. The molecule has 0 spiro atoms. The monoisotopic (exact) mass is 623 g/mol. The maximum atomic E-state index is 5.09. The van der Waals surface area contributed by atoms with Gasteiger partial charge < -0.3 is 4.57 Å². The van der Waals surface area contributed by atoms with E-state index in [1.165, 1.54) is 48.9 Å². The molecule has 2 heterocycles. The number of hydrogen-bond donors (Lipinski definition) is 0. The minimum absolute atomic E-state index is 0.887. The van der Waals surface area contributed by atoms with E-state index in [1.807, 2.05) is 42.5 Å². The number of benzene rings is 8. The number of hydrogen-bond acceptors (Lipinski definition) is 2. The lowest BCUT2D eigenvalue weighted by Crippen LogP contribution is -1.95. The highest BCUT2D eigenvalue weighted by Gasteiger charge is 2.18. The van der Waals surface area contributed by atoms with E-state index < -0.39 is 0 Å². The molecule has 3 nitrogen and oxygen atoms in total. The van der Waals surface area contributed by atoms with E-state index in [4.69, 9.17) is 9.97 Å². The van der Waals surface area contributed by atoms with Crippen LogP contribution in [0.15, 0.2) is 176 Å². The predicted octanol–water partition coefficient (Wildman–Crippen LogP) is 12.0. The molecule has 49 heavy (non-hydrogen) atoms. The van der Waals surface area contributed by atoms with Crippen molar-refractivity contribution in [3.8, 4) is 39.3 Å². The minimum Gasteiger partial charge on any atom is -0.309 e. The van der Waals surface area contributed by atoms with E-state index in [9.17, 15) is 0 Å². The van der Waals surface area contributed by atoms with Crippen LogP contribution in [0.4, 0.5) is 0 Å². The Morgan fingerprint density at radius 1 is 0.327 bits per heavy atom. The van der Waals surface area contributed by atoms with Crippen LogP contribution in [0.5, 0.6) is 0 Å². The van der Waals surface area contributed by atoms with Gasteiger partial charge in [-0.25, -0.2) is 9.97 Å². The van der Waals surface area contributed by atoms with Crippen LogP contribution in [-0.2, 0) is 0 Å². The molecule has 0 amide bonds. The molecule has 228 valence electrons. The van der Waals surface area contributed by atoms with Crippen LogP contribution < -0.4 is 0 Å². The first-order valence-corrected chi connectivity index (χ1v) is 16.7. The number of aromatic nitrogens is 3. The Morgan fingerprint density at radius 2 is 0.755 bits per heavy atom. The van der Waals surface area contributed by atoms with Gasteiger partial charge in [-0.3, -0.25) is 0 Å². The maximum Gasteiger partial charge on any atom is 0.0973 e. The Kier molecular flexibility index (Phi) is 6.18. The Labute approximate surface area is 283 Å². The highest BCUT2D eigenvalue weighted by molar-refractivity contribution is 6.28. The summed E-state index contributed by atoms with van der Waals surface area (Å²) in [6.45, 7) is 0. The van der Waals surface area contributed by atoms with Crippen LogP contribution in [0.25, 0.3) is 93.7 Å². The number of para-hydroxylation sites is 2. The standard InChI is InChI=1S/C46H29N3/c1-2-12-34(13-3-1)45-46(48-40-17-9-8-16-39(40)47-45)35-20-18-30(19-21-35)31-22-26-36(27-23-31)49-41-28-24-32-10-4-6-14-37(32)43(41)44-38-15-7-5-11-33(38)25-29-42(44)49/h1-29H. The topological polar surface area (TPSA) is 30.7 Å². The van der Waals surface area contributed by atoms with Crippen molar-refractivity contribution in [1.82, 2.24) is 14.5 Å². The molecule has 0 saturated carbocycles. The zero-order chi connectivity index (χ0) is 32.3. The lowest BCUT2D eigenvalue weighted by Gasteiger charge is -2.12. The largest absolute Gasteiger partial charge is 0.309 e. The Bertz CT molecular complexity index is 2760. The Hall–Kier alpha value is -6.58. The molecule has 2 aromatic heterocycles. The maximum absolute atomic E-state index is 5.09. The van der Waals surface area contributed by atoms with Crippen molar-refractivity contribution in [3.63, 3.8) is 0 Å².